The summed E-state index contributed by atoms with van der Waals surface area (Å²) in [5.41, 5.74) is 1.87. The topological polar surface area (TPSA) is 37.4 Å². The maximum Gasteiger partial charge on any atom is 0.253 e. The minimum absolute atomic E-state index is 0.177. The molecule has 0 aromatic heterocycles. The zero-order valence-electron chi connectivity index (χ0n) is 13.5. The first-order valence-corrected chi connectivity index (χ1v) is 7.77. The quantitative estimate of drug-likeness (QED) is 0.775. The Bertz CT molecular complexity index is 677. The molecule has 2 aromatic carbocycles. The normalized spacial score (nSPS) is 12.1. The van der Waals surface area contributed by atoms with Gasteiger partial charge in [-0.05, 0) is 24.1 Å². The van der Waals surface area contributed by atoms with Gasteiger partial charge in [-0.25, -0.2) is 0 Å². The van der Waals surface area contributed by atoms with E-state index < -0.39 is 0 Å². The van der Waals surface area contributed by atoms with Gasteiger partial charge in [0.15, 0.2) is 0 Å². The van der Waals surface area contributed by atoms with Gasteiger partial charge in [-0.2, -0.15) is 0 Å². The Labute approximate surface area is 137 Å². The molecule has 0 saturated heterocycles. The molecule has 2 rings (SSSR count). The molecule has 0 aliphatic rings. The summed E-state index contributed by atoms with van der Waals surface area (Å²) in [6.45, 7) is 3.64. The van der Waals surface area contributed by atoms with E-state index in [2.05, 4.69) is 0 Å². The second-order valence-electron chi connectivity index (χ2n) is 5.29. The number of rotatable bonds is 5. The van der Waals surface area contributed by atoms with Gasteiger partial charge in [-0.15, -0.1) is 0 Å². The third kappa shape index (κ3) is 4.39. The van der Waals surface area contributed by atoms with Gasteiger partial charge in [0.2, 0.25) is 5.91 Å². The molecule has 1 unspecified atom stereocenters. The Morgan fingerprint density at radius 1 is 1.00 bits per heavy atom. The molecule has 3 nitrogen and oxygen atoms in total. The fourth-order valence-electron chi connectivity index (χ4n) is 2.39. The molecule has 1 atom stereocenters. The lowest BCUT2D eigenvalue weighted by Gasteiger charge is -2.26. The minimum Gasteiger partial charge on any atom is -0.274 e. The van der Waals surface area contributed by atoms with Crippen LogP contribution in [0.25, 0.3) is 6.08 Å². The van der Waals surface area contributed by atoms with Gasteiger partial charge < -0.3 is 0 Å². The molecule has 3 heteroatoms. The van der Waals surface area contributed by atoms with Gasteiger partial charge in [0, 0.05) is 12.5 Å². The van der Waals surface area contributed by atoms with E-state index in [0.717, 1.165) is 11.1 Å². The summed E-state index contributed by atoms with van der Waals surface area (Å²) in [6, 6.07) is 18.9. The number of nitrogens with zero attached hydrogens (tertiary/aromatic N) is 1. The molecular formula is C20H21NO2. The highest BCUT2D eigenvalue weighted by atomic mass is 16.2. The zero-order valence-corrected chi connectivity index (χ0v) is 13.5. The molecule has 2 aromatic rings. The van der Waals surface area contributed by atoms with E-state index in [1.807, 2.05) is 67.6 Å². The highest BCUT2D eigenvalue weighted by molar-refractivity contribution is 6.03. The van der Waals surface area contributed by atoms with Gasteiger partial charge in [0.05, 0.1) is 6.04 Å². The van der Waals surface area contributed by atoms with Crippen LogP contribution in [0.5, 0.6) is 0 Å². The fraction of sp³-hybridized carbons (Fsp3) is 0.200. The molecule has 0 saturated carbocycles. The van der Waals surface area contributed by atoms with Gasteiger partial charge in [-0.3, -0.25) is 14.5 Å². The van der Waals surface area contributed by atoms with E-state index in [-0.39, 0.29) is 17.9 Å². The Hall–Kier alpha value is -2.68. The van der Waals surface area contributed by atoms with E-state index in [4.69, 9.17) is 0 Å². The van der Waals surface area contributed by atoms with E-state index in [0.29, 0.717) is 6.42 Å². The monoisotopic (exact) mass is 307 g/mol. The van der Waals surface area contributed by atoms with Crippen molar-refractivity contribution in [1.82, 2.24) is 4.90 Å². The summed E-state index contributed by atoms with van der Waals surface area (Å²) < 4.78 is 0. The Balaban J connectivity index is 2.23. The maximum atomic E-state index is 12.5. The van der Waals surface area contributed by atoms with Gasteiger partial charge in [-0.1, -0.05) is 67.6 Å². The summed E-state index contributed by atoms with van der Waals surface area (Å²) in [5, 5.41) is 0. The molecule has 23 heavy (non-hydrogen) atoms. The molecule has 0 heterocycles. The molecular weight excluding hydrogens is 286 g/mol. The van der Waals surface area contributed by atoms with Crippen LogP contribution in [0.3, 0.4) is 0 Å². The van der Waals surface area contributed by atoms with Crippen LogP contribution in [-0.4, -0.2) is 16.7 Å². The lowest BCUT2D eigenvalue weighted by atomic mass is 10.1. The van der Waals surface area contributed by atoms with E-state index in [1.165, 1.54) is 11.0 Å². The van der Waals surface area contributed by atoms with Gasteiger partial charge >= 0.3 is 0 Å². The van der Waals surface area contributed by atoms with E-state index >= 15 is 0 Å². The molecule has 0 fully saturated rings. The van der Waals surface area contributed by atoms with Crippen LogP contribution in [-0.2, 0) is 9.59 Å². The molecule has 0 spiro atoms. The SMILES string of the molecule is CCC(=O)N(C(=O)/C=C/c1ccccc1)C(C)c1ccccc1. The third-order valence-corrected chi connectivity index (χ3v) is 3.70. The van der Waals surface area contributed by atoms with Crippen LogP contribution in [0.4, 0.5) is 0 Å². The number of hydrogen-bond acceptors (Lipinski definition) is 2. The predicted molar refractivity (Wildman–Crippen MR) is 92.5 cm³/mol. The van der Waals surface area contributed by atoms with Crippen molar-refractivity contribution >= 4 is 17.9 Å². The molecule has 0 aliphatic heterocycles. The summed E-state index contributed by atoms with van der Waals surface area (Å²) >= 11 is 0. The van der Waals surface area contributed by atoms with Crippen molar-refractivity contribution in [3.8, 4) is 0 Å². The van der Waals surface area contributed by atoms with E-state index in [9.17, 15) is 9.59 Å². The zero-order chi connectivity index (χ0) is 16.7. The van der Waals surface area contributed by atoms with Crippen molar-refractivity contribution in [3.63, 3.8) is 0 Å². The Kier molecular flexibility index (Phi) is 5.87. The highest BCUT2D eigenvalue weighted by Gasteiger charge is 2.25. The number of amides is 2. The number of benzene rings is 2. The van der Waals surface area contributed by atoms with E-state index in [1.54, 1.807) is 13.0 Å². The number of hydrogen-bond donors (Lipinski definition) is 0. The standard InChI is InChI=1S/C20H21NO2/c1-3-19(22)21(16(2)18-12-8-5-9-13-18)20(23)15-14-17-10-6-4-7-11-17/h4-16H,3H2,1-2H3/b15-14+. The average Bonchev–Trinajstić information content (AvgIpc) is 2.61. The highest BCUT2D eigenvalue weighted by Crippen LogP contribution is 2.21. The summed E-state index contributed by atoms with van der Waals surface area (Å²) in [5.74, 6) is -0.471. The second kappa shape index (κ2) is 8.08. The van der Waals surface area contributed by atoms with Crippen molar-refractivity contribution in [2.45, 2.75) is 26.3 Å². The molecule has 0 aliphatic carbocycles. The molecule has 0 bridgehead atoms. The van der Waals surface area contributed by atoms with Crippen molar-refractivity contribution in [3.05, 3.63) is 77.9 Å². The van der Waals surface area contributed by atoms with Crippen molar-refractivity contribution in [2.75, 3.05) is 0 Å². The van der Waals surface area contributed by atoms with Crippen LogP contribution in [0.15, 0.2) is 66.7 Å². The molecule has 118 valence electrons. The number of carbonyl (C=O) groups is 2. The average molecular weight is 307 g/mol. The van der Waals surface area contributed by atoms with Crippen LogP contribution in [0.1, 0.15) is 37.4 Å². The third-order valence-electron chi connectivity index (χ3n) is 3.70. The first kappa shape index (κ1) is 16.7. The lowest BCUT2D eigenvalue weighted by molar-refractivity contribution is -0.144. The van der Waals surface area contributed by atoms with Gasteiger partial charge in [0.1, 0.15) is 0 Å². The molecule has 0 N–H and O–H groups in total. The van der Waals surface area contributed by atoms with Crippen molar-refractivity contribution in [1.29, 1.82) is 0 Å². The van der Waals surface area contributed by atoms with Crippen LogP contribution < -0.4 is 0 Å². The first-order valence-electron chi connectivity index (χ1n) is 7.77. The summed E-state index contributed by atoms with van der Waals surface area (Å²) in [7, 11) is 0. The molecule has 0 radical (unpaired) electrons. The smallest absolute Gasteiger partial charge is 0.253 e. The second-order valence-corrected chi connectivity index (χ2v) is 5.29. The van der Waals surface area contributed by atoms with Crippen LogP contribution in [0, 0.1) is 0 Å². The minimum atomic E-state index is -0.295. The van der Waals surface area contributed by atoms with Crippen molar-refractivity contribution in [2.24, 2.45) is 0 Å². The lowest BCUT2D eigenvalue weighted by Crippen LogP contribution is -2.37. The molecule has 2 amide bonds. The largest absolute Gasteiger partial charge is 0.274 e. The Morgan fingerprint density at radius 3 is 2.13 bits per heavy atom. The first-order chi connectivity index (χ1) is 11.1. The summed E-state index contributed by atoms with van der Waals surface area (Å²) in [4.78, 5) is 26.1. The Morgan fingerprint density at radius 2 is 1.57 bits per heavy atom. The predicted octanol–water partition coefficient (Wildman–Crippen LogP) is 4.23. The van der Waals surface area contributed by atoms with Crippen LogP contribution in [0.2, 0.25) is 0 Å². The summed E-state index contributed by atoms with van der Waals surface area (Å²) in [6.07, 6.45) is 3.49. The van der Waals surface area contributed by atoms with Crippen molar-refractivity contribution < 1.29 is 9.59 Å². The number of imide groups is 1. The number of carbonyl (C=O) groups excluding carboxylic acids is 2. The maximum absolute atomic E-state index is 12.5. The van der Waals surface area contributed by atoms with Crippen LogP contribution >= 0.6 is 0 Å². The van der Waals surface area contributed by atoms with Gasteiger partial charge in [0.25, 0.3) is 5.91 Å². The fourth-order valence-corrected chi connectivity index (χ4v) is 2.39.